The highest BCUT2D eigenvalue weighted by Gasteiger charge is 2.20. The van der Waals surface area contributed by atoms with Gasteiger partial charge in [-0.05, 0) is 37.9 Å². The Morgan fingerprint density at radius 2 is 2.25 bits per heavy atom. The third kappa shape index (κ3) is 2.75. The van der Waals surface area contributed by atoms with Crippen molar-refractivity contribution in [3.05, 3.63) is 30.1 Å². The molecular weight excluding hydrogens is 256 g/mol. The Hall–Kier alpha value is -2.08. The lowest BCUT2D eigenvalue weighted by molar-refractivity contribution is 0.0690. The fraction of sp³-hybridized carbons (Fsp3) is 0.429. The highest BCUT2D eigenvalue weighted by molar-refractivity contribution is 5.92. The van der Waals surface area contributed by atoms with Crippen LogP contribution < -0.4 is 10.6 Å². The highest BCUT2D eigenvalue weighted by Crippen LogP contribution is 2.19. The number of carboxylic acid groups (broad SMARTS) is 1. The first-order valence-corrected chi connectivity index (χ1v) is 6.93. The van der Waals surface area contributed by atoms with Gasteiger partial charge in [0.05, 0.1) is 0 Å². The van der Waals surface area contributed by atoms with Gasteiger partial charge in [-0.3, -0.25) is 4.40 Å². The van der Waals surface area contributed by atoms with E-state index in [2.05, 4.69) is 15.6 Å². The normalized spacial score (nSPS) is 14.6. The Morgan fingerprint density at radius 3 is 3.00 bits per heavy atom. The zero-order chi connectivity index (χ0) is 13.9. The molecule has 106 valence electrons. The lowest BCUT2D eigenvalue weighted by Gasteiger charge is -2.05. The predicted octanol–water partition coefficient (Wildman–Crippen LogP) is 1.59. The molecule has 20 heavy (non-hydrogen) atoms. The second-order valence-electron chi connectivity index (χ2n) is 5.05. The van der Waals surface area contributed by atoms with E-state index in [0.29, 0.717) is 24.1 Å². The Balaban J connectivity index is 1.66. The monoisotopic (exact) mass is 274 g/mol. The van der Waals surface area contributed by atoms with Crippen LogP contribution in [0, 0.1) is 0 Å². The minimum atomic E-state index is -0.970. The van der Waals surface area contributed by atoms with Crippen LogP contribution in [-0.2, 0) is 0 Å². The van der Waals surface area contributed by atoms with E-state index in [4.69, 9.17) is 0 Å². The molecule has 6 heteroatoms. The fourth-order valence-electron chi connectivity index (χ4n) is 2.21. The maximum atomic E-state index is 11.4. The second kappa shape index (κ2) is 5.50. The van der Waals surface area contributed by atoms with Gasteiger partial charge < -0.3 is 15.7 Å². The molecule has 1 aliphatic carbocycles. The molecule has 2 aromatic heterocycles. The number of aromatic carboxylic acids is 1. The number of hydrogen-bond acceptors (Lipinski definition) is 4. The number of nitrogens with one attached hydrogen (secondary N) is 2. The lowest BCUT2D eigenvalue weighted by atomic mass is 10.3. The van der Waals surface area contributed by atoms with Crippen molar-refractivity contribution >= 4 is 17.4 Å². The first-order valence-electron chi connectivity index (χ1n) is 6.93. The molecule has 0 spiro atoms. The second-order valence-corrected chi connectivity index (χ2v) is 5.05. The van der Waals surface area contributed by atoms with Gasteiger partial charge in [-0.25, -0.2) is 9.78 Å². The number of fused-ring (bicyclic) bond motifs is 1. The quantitative estimate of drug-likeness (QED) is 0.668. The molecule has 0 atom stereocenters. The minimum Gasteiger partial charge on any atom is -0.476 e. The molecule has 0 aromatic carbocycles. The highest BCUT2D eigenvalue weighted by atomic mass is 16.4. The summed E-state index contributed by atoms with van der Waals surface area (Å²) in [6.07, 6.45) is 5.22. The van der Waals surface area contributed by atoms with Crippen molar-refractivity contribution in [1.82, 2.24) is 14.7 Å². The van der Waals surface area contributed by atoms with Crippen LogP contribution in [0.15, 0.2) is 24.4 Å². The van der Waals surface area contributed by atoms with Crippen LogP contribution in [0.2, 0.25) is 0 Å². The molecule has 6 nitrogen and oxygen atoms in total. The Morgan fingerprint density at radius 1 is 1.40 bits per heavy atom. The van der Waals surface area contributed by atoms with E-state index in [1.807, 2.05) is 6.07 Å². The number of nitrogens with zero attached hydrogens (tertiary/aromatic N) is 2. The summed E-state index contributed by atoms with van der Waals surface area (Å²) in [4.78, 5) is 15.7. The van der Waals surface area contributed by atoms with Gasteiger partial charge in [-0.1, -0.05) is 6.07 Å². The Kier molecular flexibility index (Phi) is 3.56. The number of rotatable bonds is 7. The van der Waals surface area contributed by atoms with Gasteiger partial charge in [-0.15, -0.1) is 0 Å². The summed E-state index contributed by atoms with van der Waals surface area (Å²) in [6, 6.07) is 6.15. The predicted molar refractivity (Wildman–Crippen MR) is 76.3 cm³/mol. The van der Waals surface area contributed by atoms with Gasteiger partial charge in [-0.2, -0.15) is 0 Å². The number of pyridine rings is 1. The molecule has 1 fully saturated rings. The lowest BCUT2D eigenvalue weighted by Crippen LogP contribution is -2.20. The molecule has 0 unspecified atom stereocenters. The first kappa shape index (κ1) is 12.9. The fourth-order valence-corrected chi connectivity index (χ4v) is 2.21. The Bertz CT molecular complexity index is 619. The van der Waals surface area contributed by atoms with Crippen LogP contribution in [0.5, 0.6) is 0 Å². The van der Waals surface area contributed by atoms with E-state index in [1.165, 1.54) is 12.8 Å². The maximum Gasteiger partial charge on any atom is 0.356 e. The van der Waals surface area contributed by atoms with Crippen molar-refractivity contribution in [3.8, 4) is 0 Å². The zero-order valence-corrected chi connectivity index (χ0v) is 11.2. The molecular formula is C14H18N4O2. The molecule has 0 amide bonds. The van der Waals surface area contributed by atoms with Crippen LogP contribution in [0.1, 0.15) is 29.8 Å². The zero-order valence-electron chi connectivity index (χ0n) is 11.2. The molecule has 0 aliphatic heterocycles. The first-order chi connectivity index (χ1) is 9.75. The van der Waals surface area contributed by atoms with E-state index >= 15 is 0 Å². The van der Waals surface area contributed by atoms with Crippen LogP contribution in [-0.4, -0.2) is 39.6 Å². The van der Waals surface area contributed by atoms with Crippen molar-refractivity contribution in [1.29, 1.82) is 0 Å². The molecule has 2 aromatic rings. The largest absolute Gasteiger partial charge is 0.476 e. The van der Waals surface area contributed by atoms with E-state index in [9.17, 15) is 9.90 Å². The van der Waals surface area contributed by atoms with Crippen LogP contribution in [0.3, 0.4) is 0 Å². The third-order valence-electron chi connectivity index (χ3n) is 3.39. The van der Waals surface area contributed by atoms with Crippen molar-refractivity contribution in [2.45, 2.75) is 25.3 Å². The molecule has 1 aliphatic rings. The molecule has 3 N–H and O–H groups in total. The van der Waals surface area contributed by atoms with Crippen LogP contribution >= 0.6 is 0 Å². The molecule has 2 heterocycles. The number of imidazole rings is 1. The summed E-state index contributed by atoms with van der Waals surface area (Å²) in [5.74, 6) is -0.530. The molecule has 1 saturated carbocycles. The van der Waals surface area contributed by atoms with Crippen molar-refractivity contribution in [2.24, 2.45) is 0 Å². The smallest absolute Gasteiger partial charge is 0.356 e. The summed E-state index contributed by atoms with van der Waals surface area (Å²) in [5.41, 5.74) is 0.833. The van der Waals surface area contributed by atoms with E-state index in [1.54, 1.807) is 22.7 Å². The average Bonchev–Trinajstić information content (AvgIpc) is 3.17. The molecule has 0 saturated heterocycles. The van der Waals surface area contributed by atoms with Crippen molar-refractivity contribution in [3.63, 3.8) is 0 Å². The number of carboxylic acids is 1. The molecule has 0 radical (unpaired) electrons. The standard InChI is InChI=1S/C14H18N4O2/c19-14(20)12-13(16-8-3-7-15-10-5-6-10)17-11-4-1-2-9-18(11)12/h1-2,4,9-10,15-16H,3,5-8H2,(H,19,20). The van der Waals surface area contributed by atoms with E-state index in [0.717, 1.165) is 13.0 Å². The van der Waals surface area contributed by atoms with Gasteiger partial charge in [0.25, 0.3) is 0 Å². The van der Waals surface area contributed by atoms with Gasteiger partial charge in [0, 0.05) is 18.8 Å². The van der Waals surface area contributed by atoms with Crippen LogP contribution in [0.4, 0.5) is 5.82 Å². The topological polar surface area (TPSA) is 78.7 Å². The summed E-state index contributed by atoms with van der Waals surface area (Å²) in [7, 11) is 0. The van der Waals surface area contributed by atoms with E-state index in [-0.39, 0.29) is 5.69 Å². The van der Waals surface area contributed by atoms with Crippen molar-refractivity contribution < 1.29 is 9.90 Å². The number of anilines is 1. The van der Waals surface area contributed by atoms with Gasteiger partial charge in [0.1, 0.15) is 5.65 Å². The SMILES string of the molecule is O=C(O)c1c(NCCCNC2CC2)nc2ccccn12. The minimum absolute atomic E-state index is 0.191. The molecule has 0 bridgehead atoms. The van der Waals surface area contributed by atoms with Gasteiger partial charge >= 0.3 is 5.97 Å². The number of hydrogen-bond donors (Lipinski definition) is 3. The summed E-state index contributed by atoms with van der Waals surface area (Å²) >= 11 is 0. The Labute approximate surface area is 116 Å². The van der Waals surface area contributed by atoms with Crippen molar-refractivity contribution in [2.75, 3.05) is 18.4 Å². The summed E-state index contributed by atoms with van der Waals surface area (Å²) in [6.45, 7) is 1.66. The molecule has 3 rings (SSSR count). The van der Waals surface area contributed by atoms with E-state index < -0.39 is 5.97 Å². The summed E-state index contributed by atoms with van der Waals surface area (Å²) < 4.78 is 1.59. The van der Waals surface area contributed by atoms with Gasteiger partial charge in [0.2, 0.25) is 0 Å². The number of carbonyl (C=O) groups is 1. The third-order valence-corrected chi connectivity index (χ3v) is 3.39. The maximum absolute atomic E-state index is 11.4. The van der Waals surface area contributed by atoms with Crippen LogP contribution in [0.25, 0.3) is 5.65 Å². The number of aromatic nitrogens is 2. The average molecular weight is 274 g/mol. The summed E-state index contributed by atoms with van der Waals surface area (Å²) in [5, 5.41) is 15.9. The van der Waals surface area contributed by atoms with Gasteiger partial charge in [0.15, 0.2) is 11.5 Å².